The Hall–Kier alpha value is -3.31. The number of aromatic nitrogens is 3. The van der Waals surface area contributed by atoms with Gasteiger partial charge in [-0.3, -0.25) is 4.79 Å². The Kier molecular flexibility index (Phi) is 7.46. The van der Waals surface area contributed by atoms with Crippen molar-refractivity contribution in [1.82, 2.24) is 14.8 Å². The Morgan fingerprint density at radius 3 is 2.51 bits per heavy atom. The number of Topliss-reactive ketones (excluding diaryl/α,β-unsaturated/α-hetero) is 1. The Balaban J connectivity index is 1.47. The fourth-order valence-electron chi connectivity index (χ4n) is 3.60. The van der Waals surface area contributed by atoms with Gasteiger partial charge in [-0.25, -0.2) is 4.39 Å². The number of aryl methyl sites for hydroxylation is 1. The molecule has 0 aliphatic heterocycles. The number of ketones is 1. The van der Waals surface area contributed by atoms with Crippen LogP contribution in [-0.2, 0) is 0 Å². The Labute approximate surface area is 208 Å². The maximum atomic E-state index is 13.9. The third kappa shape index (κ3) is 5.68. The monoisotopic (exact) mass is 518 g/mol. The van der Waals surface area contributed by atoms with E-state index in [1.807, 2.05) is 24.5 Å². The third-order valence-electron chi connectivity index (χ3n) is 5.19. The molecular formula is C24H21F3N4O2S2. The number of hydrogen-bond acceptors (Lipinski definition) is 7. The number of ether oxygens (including phenoxy) is 1. The summed E-state index contributed by atoms with van der Waals surface area (Å²) < 4.78 is 45.6. The molecule has 0 amide bonds. The van der Waals surface area contributed by atoms with Gasteiger partial charge in [-0.05, 0) is 63.2 Å². The van der Waals surface area contributed by atoms with Crippen LogP contribution in [-0.4, -0.2) is 32.4 Å². The van der Waals surface area contributed by atoms with Crippen LogP contribution < -0.4 is 10.1 Å². The first kappa shape index (κ1) is 24.8. The molecule has 0 aliphatic rings. The van der Waals surface area contributed by atoms with E-state index in [4.69, 9.17) is 0 Å². The smallest absolute Gasteiger partial charge is 0.387 e. The lowest BCUT2D eigenvalue weighted by Crippen LogP contribution is -2.14. The standard InChI is InChI=1S/C24H21F3N4O2S2/c1-13-12-18(14(2)31(13)16-8-10-17(11-9-16)33-22(26)27)21(32)15(3)34-24-30-29-23(35-24)28-20-7-5-4-6-19(20)25/h4-12,15,22H,1-3H3,(H,28,29)/t15-/m0/s1. The van der Waals surface area contributed by atoms with E-state index in [1.165, 1.54) is 41.3 Å². The first-order valence-corrected chi connectivity index (χ1v) is 12.2. The normalized spacial score (nSPS) is 12.1. The molecular weight excluding hydrogens is 497 g/mol. The molecule has 1 atom stereocenters. The van der Waals surface area contributed by atoms with Crippen molar-refractivity contribution in [2.75, 3.05) is 5.32 Å². The molecule has 0 aliphatic carbocycles. The SMILES string of the molecule is Cc1cc(C(=O)[C@H](C)Sc2nnc(Nc3ccccc3F)s2)c(C)n1-c1ccc(OC(F)F)cc1. The quantitative estimate of drug-likeness (QED) is 0.194. The lowest BCUT2D eigenvalue weighted by Gasteiger charge is -2.12. The fourth-order valence-corrected chi connectivity index (χ4v) is 5.57. The van der Waals surface area contributed by atoms with Crippen LogP contribution in [0.5, 0.6) is 5.75 Å². The molecule has 1 N–H and O–H groups in total. The van der Waals surface area contributed by atoms with Gasteiger partial charge in [0.25, 0.3) is 0 Å². The number of halogens is 3. The number of rotatable bonds is 9. The van der Waals surface area contributed by atoms with Crippen molar-refractivity contribution in [1.29, 1.82) is 0 Å². The van der Waals surface area contributed by atoms with E-state index in [1.54, 1.807) is 37.3 Å². The van der Waals surface area contributed by atoms with Crippen molar-refractivity contribution in [3.63, 3.8) is 0 Å². The number of nitrogens with one attached hydrogen (secondary N) is 1. The summed E-state index contributed by atoms with van der Waals surface area (Å²) in [6, 6.07) is 14.3. The number of alkyl halides is 2. The second-order valence-corrected chi connectivity index (χ2v) is 10.2. The average molecular weight is 519 g/mol. The van der Waals surface area contributed by atoms with Gasteiger partial charge in [0.05, 0.1) is 10.9 Å². The van der Waals surface area contributed by atoms with Crippen LogP contribution >= 0.6 is 23.1 Å². The van der Waals surface area contributed by atoms with Crippen LogP contribution in [0.1, 0.15) is 28.7 Å². The van der Waals surface area contributed by atoms with Crippen molar-refractivity contribution in [3.05, 3.63) is 77.4 Å². The zero-order valence-electron chi connectivity index (χ0n) is 19.0. The lowest BCUT2D eigenvalue weighted by atomic mass is 10.1. The molecule has 4 aromatic rings. The van der Waals surface area contributed by atoms with E-state index < -0.39 is 17.7 Å². The number of carbonyl (C=O) groups excluding carboxylic acids is 1. The molecule has 182 valence electrons. The molecule has 2 heterocycles. The maximum absolute atomic E-state index is 13.9. The molecule has 0 bridgehead atoms. The summed E-state index contributed by atoms with van der Waals surface area (Å²) in [5.74, 6) is -0.411. The van der Waals surface area contributed by atoms with Gasteiger partial charge in [-0.2, -0.15) is 8.78 Å². The van der Waals surface area contributed by atoms with Crippen molar-refractivity contribution in [2.24, 2.45) is 0 Å². The van der Waals surface area contributed by atoms with Gasteiger partial charge in [0.1, 0.15) is 11.6 Å². The highest BCUT2D eigenvalue weighted by atomic mass is 32.2. The average Bonchev–Trinajstić information content (AvgIpc) is 3.38. The highest BCUT2D eigenvalue weighted by molar-refractivity contribution is 8.02. The Morgan fingerprint density at radius 2 is 1.83 bits per heavy atom. The summed E-state index contributed by atoms with van der Waals surface area (Å²) in [5.41, 5.74) is 3.16. The van der Waals surface area contributed by atoms with Crippen molar-refractivity contribution < 1.29 is 22.7 Å². The maximum Gasteiger partial charge on any atom is 0.387 e. The van der Waals surface area contributed by atoms with Gasteiger partial charge in [0.2, 0.25) is 5.13 Å². The second-order valence-electron chi connectivity index (χ2n) is 7.59. The zero-order chi connectivity index (χ0) is 25.1. The number of anilines is 2. The minimum atomic E-state index is -2.89. The molecule has 4 rings (SSSR count). The second kappa shape index (κ2) is 10.5. The highest BCUT2D eigenvalue weighted by Gasteiger charge is 2.24. The van der Waals surface area contributed by atoms with Gasteiger partial charge >= 0.3 is 6.61 Å². The third-order valence-corrected chi connectivity index (χ3v) is 7.21. The minimum absolute atomic E-state index is 0.0634. The van der Waals surface area contributed by atoms with Gasteiger partial charge in [0, 0.05) is 22.6 Å². The number of thioether (sulfide) groups is 1. The van der Waals surface area contributed by atoms with Crippen molar-refractivity contribution >= 4 is 39.7 Å². The van der Waals surface area contributed by atoms with Crippen LogP contribution in [0.4, 0.5) is 24.0 Å². The first-order chi connectivity index (χ1) is 16.7. The van der Waals surface area contributed by atoms with E-state index in [-0.39, 0.29) is 11.5 Å². The van der Waals surface area contributed by atoms with E-state index in [0.717, 1.165) is 17.1 Å². The summed E-state index contributed by atoms with van der Waals surface area (Å²) in [4.78, 5) is 13.2. The van der Waals surface area contributed by atoms with E-state index in [0.29, 0.717) is 20.7 Å². The summed E-state index contributed by atoms with van der Waals surface area (Å²) in [7, 11) is 0. The first-order valence-electron chi connectivity index (χ1n) is 10.5. The number of nitrogens with zero attached hydrogens (tertiary/aromatic N) is 3. The molecule has 6 nitrogen and oxygen atoms in total. The Bertz CT molecular complexity index is 1340. The number of para-hydroxylation sites is 1. The van der Waals surface area contributed by atoms with Crippen LogP contribution in [0.2, 0.25) is 0 Å². The van der Waals surface area contributed by atoms with Crippen molar-refractivity contribution in [2.45, 2.75) is 37.0 Å². The van der Waals surface area contributed by atoms with E-state index >= 15 is 0 Å². The van der Waals surface area contributed by atoms with Gasteiger partial charge in [-0.15, -0.1) is 10.2 Å². The van der Waals surface area contributed by atoms with Crippen LogP contribution in [0, 0.1) is 19.7 Å². The predicted molar refractivity (Wildman–Crippen MR) is 131 cm³/mol. The molecule has 0 radical (unpaired) electrons. The van der Waals surface area contributed by atoms with Crippen molar-refractivity contribution in [3.8, 4) is 11.4 Å². The summed E-state index contributed by atoms with van der Waals surface area (Å²) in [6.07, 6.45) is 0. The summed E-state index contributed by atoms with van der Waals surface area (Å²) in [5, 5.41) is 11.0. The summed E-state index contributed by atoms with van der Waals surface area (Å²) in [6.45, 7) is 2.61. The van der Waals surface area contributed by atoms with Crippen LogP contribution in [0.25, 0.3) is 5.69 Å². The molecule has 11 heteroatoms. The highest BCUT2D eigenvalue weighted by Crippen LogP contribution is 2.33. The topological polar surface area (TPSA) is 69.0 Å². The van der Waals surface area contributed by atoms with Gasteiger partial charge < -0.3 is 14.6 Å². The molecule has 0 fully saturated rings. The fraction of sp³-hybridized carbons (Fsp3) is 0.208. The number of hydrogen-bond donors (Lipinski definition) is 1. The molecule has 2 aromatic heterocycles. The largest absolute Gasteiger partial charge is 0.435 e. The molecule has 35 heavy (non-hydrogen) atoms. The van der Waals surface area contributed by atoms with Crippen LogP contribution in [0.3, 0.4) is 0 Å². The van der Waals surface area contributed by atoms with E-state index in [9.17, 15) is 18.0 Å². The van der Waals surface area contributed by atoms with E-state index in [2.05, 4.69) is 20.3 Å². The molecule has 0 saturated carbocycles. The minimum Gasteiger partial charge on any atom is -0.435 e. The van der Waals surface area contributed by atoms with Gasteiger partial charge in [-0.1, -0.05) is 35.2 Å². The Morgan fingerprint density at radius 1 is 1.11 bits per heavy atom. The zero-order valence-corrected chi connectivity index (χ0v) is 20.6. The molecule has 0 unspecified atom stereocenters. The molecule has 0 saturated heterocycles. The van der Waals surface area contributed by atoms with Crippen LogP contribution in [0.15, 0.2) is 58.9 Å². The summed E-state index contributed by atoms with van der Waals surface area (Å²) >= 11 is 2.51. The lowest BCUT2D eigenvalue weighted by molar-refractivity contribution is -0.0498. The van der Waals surface area contributed by atoms with Gasteiger partial charge in [0.15, 0.2) is 10.1 Å². The predicted octanol–water partition coefficient (Wildman–Crippen LogP) is 6.79. The molecule has 0 spiro atoms. The number of benzene rings is 2. The number of carbonyl (C=O) groups is 1. The molecule has 2 aromatic carbocycles.